The normalized spacial score (nSPS) is 12.0. The lowest BCUT2D eigenvalue weighted by molar-refractivity contribution is 0.312. The number of benzene rings is 1. The van der Waals surface area contributed by atoms with Crippen molar-refractivity contribution in [2.75, 3.05) is 20.8 Å². The lowest BCUT2D eigenvalue weighted by Crippen LogP contribution is -2.20. The van der Waals surface area contributed by atoms with Crippen molar-refractivity contribution in [1.82, 2.24) is 15.3 Å². The van der Waals surface area contributed by atoms with Crippen LogP contribution >= 0.6 is 0 Å². The van der Waals surface area contributed by atoms with Crippen LogP contribution in [0.15, 0.2) is 36.7 Å². The number of rotatable bonds is 7. The van der Waals surface area contributed by atoms with Gasteiger partial charge in [0.2, 0.25) is 5.88 Å². The fourth-order valence-electron chi connectivity index (χ4n) is 2.15. The smallest absolute Gasteiger partial charge is 0.216 e. The highest BCUT2D eigenvalue weighted by Gasteiger charge is 2.18. The summed E-state index contributed by atoms with van der Waals surface area (Å²) in [6, 6.07) is 9.75. The van der Waals surface area contributed by atoms with Gasteiger partial charge in [0.1, 0.15) is 12.1 Å². The van der Waals surface area contributed by atoms with Gasteiger partial charge in [-0.1, -0.05) is 25.1 Å². The standard InChI is InChI=1S/C16H21N3O2/c1-4-9-21-14-8-6-5-7-12(14)16(17-2)13-10-15(20-3)19-11-18-13/h5-8,10-11,16-17H,4,9H2,1-3H3. The van der Waals surface area contributed by atoms with Crippen molar-refractivity contribution in [1.29, 1.82) is 0 Å². The molecule has 5 nitrogen and oxygen atoms in total. The summed E-state index contributed by atoms with van der Waals surface area (Å²) in [5.74, 6) is 1.42. The summed E-state index contributed by atoms with van der Waals surface area (Å²) in [6.45, 7) is 2.79. The predicted octanol–water partition coefficient (Wildman–Crippen LogP) is 2.58. The molecule has 1 aromatic carbocycles. The van der Waals surface area contributed by atoms with E-state index in [1.807, 2.05) is 37.4 Å². The van der Waals surface area contributed by atoms with Crippen LogP contribution in [-0.2, 0) is 0 Å². The van der Waals surface area contributed by atoms with Crippen molar-refractivity contribution in [3.63, 3.8) is 0 Å². The molecule has 1 heterocycles. The Hall–Kier alpha value is -2.14. The predicted molar refractivity (Wildman–Crippen MR) is 81.7 cm³/mol. The minimum Gasteiger partial charge on any atom is -0.493 e. The maximum atomic E-state index is 5.83. The first-order chi connectivity index (χ1) is 10.3. The molecule has 0 aliphatic heterocycles. The van der Waals surface area contributed by atoms with Crippen LogP contribution in [0.2, 0.25) is 0 Å². The van der Waals surface area contributed by atoms with Gasteiger partial charge in [0.25, 0.3) is 0 Å². The lowest BCUT2D eigenvalue weighted by atomic mass is 10.0. The van der Waals surface area contributed by atoms with Crippen LogP contribution in [-0.4, -0.2) is 30.7 Å². The zero-order chi connectivity index (χ0) is 15.1. The quantitative estimate of drug-likeness (QED) is 0.848. The number of aromatic nitrogens is 2. The highest BCUT2D eigenvalue weighted by molar-refractivity contribution is 5.40. The summed E-state index contributed by atoms with van der Waals surface area (Å²) in [6.07, 6.45) is 2.48. The van der Waals surface area contributed by atoms with Crippen LogP contribution in [0.25, 0.3) is 0 Å². The van der Waals surface area contributed by atoms with Crippen molar-refractivity contribution >= 4 is 0 Å². The van der Waals surface area contributed by atoms with Gasteiger partial charge in [0, 0.05) is 11.6 Å². The van der Waals surface area contributed by atoms with Gasteiger partial charge < -0.3 is 14.8 Å². The van der Waals surface area contributed by atoms with E-state index in [1.54, 1.807) is 7.11 Å². The Labute approximate surface area is 125 Å². The van der Waals surface area contributed by atoms with Crippen molar-refractivity contribution < 1.29 is 9.47 Å². The molecule has 2 aromatic rings. The number of hydrogen-bond acceptors (Lipinski definition) is 5. The molecule has 21 heavy (non-hydrogen) atoms. The van der Waals surface area contributed by atoms with Crippen molar-refractivity contribution in [3.8, 4) is 11.6 Å². The zero-order valence-electron chi connectivity index (χ0n) is 12.7. The topological polar surface area (TPSA) is 56.3 Å². The van der Waals surface area contributed by atoms with Gasteiger partial charge in [-0.25, -0.2) is 9.97 Å². The second-order valence-corrected chi connectivity index (χ2v) is 4.59. The van der Waals surface area contributed by atoms with Crippen LogP contribution in [0.3, 0.4) is 0 Å². The van der Waals surface area contributed by atoms with Crippen LogP contribution in [0.5, 0.6) is 11.6 Å². The average molecular weight is 287 g/mol. The highest BCUT2D eigenvalue weighted by Crippen LogP contribution is 2.29. The molecule has 0 aliphatic rings. The molecule has 0 radical (unpaired) electrons. The van der Waals surface area contributed by atoms with E-state index in [4.69, 9.17) is 9.47 Å². The Balaban J connectivity index is 2.36. The Morgan fingerprint density at radius 2 is 2.05 bits per heavy atom. The molecule has 0 spiro atoms. The Bertz CT molecular complexity index is 575. The van der Waals surface area contributed by atoms with Gasteiger partial charge in [-0.3, -0.25) is 0 Å². The van der Waals surface area contributed by atoms with E-state index in [2.05, 4.69) is 22.2 Å². The molecule has 5 heteroatoms. The van der Waals surface area contributed by atoms with Crippen molar-refractivity contribution in [3.05, 3.63) is 47.9 Å². The third kappa shape index (κ3) is 3.70. The SMILES string of the molecule is CCCOc1ccccc1C(NC)c1cc(OC)ncn1. The summed E-state index contributed by atoms with van der Waals surface area (Å²) >= 11 is 0. The molecule has 112 valence electrons. The first-order valence-electron chi connectivity index (χ1n) is 7.05. The third-order valence-electron chi connectivity index (χ3n) is 3.15. The van der Waals surface area contributed by atoms with Crippen LogP contribution in [0, 0.1) is 0 Å². The minimum absolute atomic E-state index is 0.0741. The van der Waals surface area contributed by atoms with Gasteiger partial charge in [-0.15, -0.1) is 0 Å². The Morgan fingerprint density at radius 3 is 2.76 bits per heavy atom. The number of ether oxygens (including phenoxy) is 2. The van der Waals surface area contributed by atoms with Gasteiger partial charge in [-0.05, 0) is 19.5 Å². The summed E-state index contributed by atoms with van der Waals surface area (Å²) in [4.78, 5) is 8.40. The average Bonchev–Trinajstić information content (AvgIpc) is 2.55. The molecule has 0 amide bonds. The Morgan fingerprint density at radius 1 is 1.24 bits per heavy atom. The number of nitrogens with one attached hydrogen (secondary N) is 1. The van der Waals surface area contributed by atoms with E-state index in [0.717, 1.165) is 23.4 Å². The molecule has 1 unspecified atom stereocenters. The maximum absolute atomic E-state index is 5.83. The van der Waals surface area contributed by atoms with Gasteiger partial charge in [0.15, 0.2) is 0 Å². The number of para-hydroxylation sites is 1. The monoisotopic (exact) mass is 287 g/mol. The van der Waals surface area contributed by atoms with Gasteiger partial charge >= 0.3 is 0 Å². The van der Waals surface area contributed by atoms with E-state index in [1.165, 1.54) is 6.33 Å². The van der Waals surface area contributed by atoms with Crippen molar-refractivity contribution in [2.45, 2.75) is 19.4 Å². The minimum atomic E-state index is -0.0741. The van der Waals surface area contributed by atoms with Crippen molar-refractivity contribution in [2.24, 2.45) is 0 Å². The summed E-state index contributed by atoms with van der Waals surface area (Å²) in [5.41, 5.74) is 1.89. The number of hydrogen-bond donors (Lipinski definition) is 1. The first-order valence-corrected chi connectivity index (χ1v) is 7.05. The van der Waals surface area contributed by atoms with Crippen LogP contribution < -0.4 is 14.8 Å². The Kier molecular flexibility index (Phi) is 5.51. The summed E-state index contributed by atoms with van der Waals surface area (Å²) in [7, 11) is 3.49. The molecule has 0 bridgehead atoms. The zero-order valence-corrected chi connectivity index (χ0v) is 12.7. The molecular formula is C16H21N3O2. The molecule has 2 rings (SSSR count). The lowest BCUT2D eigenvalue weighted by Gasteiger charge is -2.19. The highest BCUT2D eigenvalue weighted by atomic mass is 16.5. The molecule has 0 saturated carbocycles. The second-order valence-electron chi connectivity index (χ2n) is 4.59. The van der Waals surface area contributed by atoms with E-state index in [0.29, 0.717) is 12.5 Å². The maximum Gasteiger partial charge on any atom is 0.216 e. The van der Waals surface area contributed by atoms with E-state index in [-0.39, 0.29) is 6.04 Å². The number of nitrogens with zero attached hydrogens (tertiary/aromatic N) is 2. The largest absolute Gasteiger partial charge is 0.493 e. The van der Waals surface area contributed by atoms with Crippen LogP contribution in [0.1, 0.15) is 30.6 Å². The molecule has 1 N–H and O–H groups in total. The summed E-state index contributed by atoms with van der Waals surface area (Å²) < 4.78 is 11.0. The molecule has 0 aliphatic carbocycles. The molecule has 1 atom stereocenters. The van der Waals surface area contributed by atoms with E-state index < -0.39 is 0 Å². The fraction of sp³-hybridized carbons (Fsp3) is 0.375. The molecule has 0 saturated heterocycles. The van der Waals surface area contributed by atoms with Gasteiger partial charge in [-0.2, -0.15) is 0 Å². The number of methoxy groups -OCH3 is 1. The molecular weight excluding hydrogens is 266 g/mol. The second kappa shape index (κ2) is 7.59. The molecule has 0 fully saturated rings. The molecule has 1 aromatic heterocycles. The summed E-state index contributed by atoms with van der Waals surface area (Å²) in [5, 5.41) is 3.28. The van der Waals surface area contributed by atoms with Crippen LogP contribution in [0.4, 0.5) is 0 Å². The fourth-order valence-corrected chi connectivity index (χ4v) is 2.15. The third-order valence-corrected chi connectivity index (χ3v) is 3.15. The first kappa shape index (κ1) is 15.3. The van der Waals surface area contributed by atoms with Gasteiger partial charge in [0.05, 0.1) is 25.5 Å². The van der Waals surface area contributed by atoms with E-state index in [9.17, 15) is 0 Å². The van der Waals surface area contributed by atoms with E-state index >= 15 is 0 Å².